The quantitative estimate of drug-likeness (QED) is 0.812. The lowest BCUT2D eigenvalue weighted by atomic mass is 10.1. The van der Waals surface area contributed by atoms with Crippen LogP contribution in [0.1, 0.15) is 5.56 Å². The van der Waals surface area contributed by atoms with Crippen molar-refractivity contribution < 1.29 is 9.53 Å². The van der Waals surface area contributed by atoms with Crippen LogP contribution in [0.5, 0.6) is 0 Å². The van der Waals surface area contributed by atoms with E-state index < -0.39 is 0 Å². The van der Waals surface area contributed by atoms with E-state index in [1.165, 1.54) is 0 Å². The molecule has 1 atom stereocenters. The lowest BCUT2D eigenvalue weighted by Crippen LogP contribution is -2.52. The number of likely N-dealkylation sites (N-methyl/N-ethyl adjacent to an activating group) is 1. The van der Waals surface area contributed by atoms with Crippen LogP contribution in [0.4, 0.5) is 5.69 Å². The van der Waals surface area contributed by atoms with Crippen molar-refractivity contribution in [2.75, 3.05) is 32.5 Å². The molecule has 1 unspecified atom stereocenters. The number of carbonyl (C=O) groups excluding carboxylic acids is 1. The summed E-state index contributed by atoms with van der Waals surface area (Å²) in [6.45, 7) is 2.41. The van der Waals surface area contributed by atoms with Gasteiger partial charge in [0.25, 0.3) is 0 Å². The predicted molar refractivity (Wildman–Crippen MR) is 77.6 cm³/mol. The number of morpholine rings is 1. The summed E-state index contributed by atoms with van der Waals surface area (Å²) < 4.78 is 6.36. The zero-order chi connectivity index (χ0) is 13.8. The molecule has 5 nitrogen and oxygen atoms in total. The zero-order valence-electron chi connectivity index (χ0n) is 10.9. The van der Waals surface area contributed by atoms with Crippen molar-refractivity contribution >= 4 is 27.5 Å². The molecule has 1 aliphatic heterocycles. The smallest absolute Gasteiger partial charge is 0.239 e. The molecule has 0 spiro atoms. The summed E-state index contributed by atoms with van der Waals surface area (Å²) in [5.41, 5.74) is 7.75. The Morgan fingerprint density at radius 3 is 3.11 bits per heavy atom. The van der Waals surface area contributed by atoms with Gasteiger partial charge in [-0.05, 0) is 12.1 Å². The molecule has 1 aliphatic rings. The number of anilines is 1. The van der Waals surface area contributed by atoms with Crippen LogP contribution in [0.25, 0.3) is 0 Å². The van der Waals surface area contributed by atoms with Gasteiger partial charge in [-0.25, -0.2) is 0 Å². The Kier molecular flexibility index (Phi) is 4.79. The highest BCUT2D eigenvalue weighted by Crippen LogP contribution is 2.25. The van der Waals surface area contributed by atoms with E-state index in [9.17, 15) is 4.79 Å². The van der Waals surface area contributed by atoms with Gasteiger partial charge in [0.15, 0.2) is 0 Å². The fraction of sp³-hybridized carbons (Fsp3) is 0.462. The van der Waals surface area contributed by atoms with Crippen LogP contribution in [0, 0.1) is 0 Å². The number of amides is 1. The topological polar surface area (TPSA) is 67.6 Å². The Balaban J connectivity index is 2.18. The first-order valence-electron chi connectivity index (χ1n) is 6.19. The Hall–Kier alpha value is -1.11. The molecule has 0 aliphatic carbocycles. The van der Waals surface area contributed by atoms with Crippen molar-refractivity contribution in [1.29, 1.82) is 0 Å². The van der Waals surface area contributed by atoms with E-state index in [1.54, 1.807) is 7.05 Å². The minimum atomic E-state index is -0.259. The monoisotopic (exact) mass is 327 g/mol. The molecule has 1 saturated heterocycles. The van der Waals surface area contributed by atoms with E-state index in [0.717, 1.165) is 22.3 Å². The molecule has 19 heavy (non-hydrogen) atoms. The Morgan fingerprint density at radius 1 is 1.63 bits per heavy atom. The van der Waals surface area contributed by atoms with Crippen LogP contribution >= 0.6 is 15.9 Å². The molecular formula is C13H18BrN3O2. The highest BCUT2D eigenvalue weighted by Gasteiger charge is 2.29. The predicted octanol–water partition coefficient (Wildman–Crippen LogP) is 0.978. The van der Waals surface area contributed by atoms with Crippen molar-refractivity contribution in [3.63, 3.8) is 0 Å². The fourth-order valence-electron chi connectivity index (χ4n) is 2.18. The highest BCUT2D eigenvalue weighted by atomic mass is 79.9. The van der Waals surface area contributed by atoms with Crippen LogP contribution in [0.3, 0.4) is 0 Å². The fourth-order valence-corrected chi connectivity index (χ4v) is 2.69. The van der Waals surface area contributed by atoms with E-state index in [4.69, 9.17) is 10.5 Å². The van der Waals surface area contributed by atoms with Crippen molar-refractivity contribution in [1.82, 2.24) is 10.2 Å². The average molecular weight is 328 g/mol. The van der Waals surface area contributed by atoms with Crippen LogP contribution in [0.2, 0.25) is 0 Å². The van der Waals surface area contributed by atoms with Crippen molar-refractivity contribution in [3.8, 4) is 0 Å². The van der Waals surface area contributed by atoms with Gasteiger partial charge in [-0.2, -0.15) is 0 Å². The molecule has 0 radical (unpaired) electrons. The maximum atomic E-state index is 11.9. The SMILES string of the molecule is CNC(=O)C1COCCN1Cc1c(N)cccc1Br. The average Bonchev–Trinajstić information content (AvgIpc) is 2.42. The van der Waals surface area contributed by atoms with Gasteiger partial charge in [-0.3, -0.25) is 9.69 Å². The number of ether oxygens (including phenoxy) is 1. The second-order valence-corrected chi connectivity index (χ2v) is 5.34. The Bertz CT molecular complexity index is 447. The number of rotatable bonds is 3. The minimum Gasteiger partial charge on any atom is -0.398 e. The van der Waals surface area contributed by atoms with Gasteiger partial charge in [-0.15, -0.1) is 0 Å². The standard InChI is InChI=1S/C13H18BrN3O2/c1-16-13(18)12-8-19-6-5-17(12)7-9-10(14)3-2-4-11(9)15/h2-4,12H,5-8,15H2,1H3,(H,16,18). The first-order valence-corrected chi connectivity index (χ1v) is 6.99. The number of nitrogen functional groups attached to an aromatic ring is 1. The van der Waals surface area contributed by atoms with Crippen LogP contribution < -0.4 is 11.1 Å². The summed E-state index contributed by atoms with van der Waals surface area (Å²) in [6, 6.07) is 5.47. The second kappa shape index (κ2) is 6.36. The molecule has 6 heteroatoms. The number of nitrogens with zero attached hydrogens (tertiary/aromatic N) is 1. The largest absolute Gasteiger partial charge is 0.398 e. The number of nitrogens with two attached hydrogens (primary N) is 1. The van der Waals surface area contributed by atoms with Crippen molar-refractivity contribution in [2.45, 2.75) is 12.6 Å². The molecule has 1 heterocycles. The highest BCUT2D eigenvalue weighted by molar-refractivity contribution is 9.10. The second-order valence-electron chi connectivity index (χ2n) is 4.48. The minimum absolute atomic E-state index is 0.0228. The third kappa shape index (κ3) is 3.26. The molecule has 1 aromatic carbocycles. The summed E-state index contributed by atoms with van der Waals surface area (Å²) >= 11 is 3.51. The third-order valence-corrected chi connectivity index (χ3v) is 4.05. The number of nitrogens with one attached hydrogen (secondary N) is 1. The van der Waals surface area contributed by atoms with Gasteiger partial charge in [0.05, 0.1) is 13.2 Å². The Labute approximate surface area is 121 Å². The molecule has 0 saturated carbocycles. The van der Waals surface area contributed by atoms with Gasteiger partial charge in [0, 0.05) is 35.9 Å². The molecule has 2 rings (SSSR count). The molecular weight excluding hydrogens is 310 g/mol. The normalized spacial score (nSPS) is 20.2. The summed E-state index contributed by atoms with van der Waals surface area (Å²) in [6.07, 6.45) is 0. The molecule has 104 valence electrons. The van der Waals surface area contributed by atoms with E-state index >= 15 is 0 Å². The summed E-state index contributed by atoms with van der Waals surface area (Å²) in [5.74, 6) is -0.0228. The summed E-state index contributed by atoms with van der Waals surface area (Å²) in [5, 5.41) is 2.68. The summed E-state index contributed by atoms with van der Waals surface area (Å²) in [7, 11) is 1.64. The molecule has 0 aromatic heterocycles. The van der Waals surface area contributed by atoms with Gasteiger partial charge in [0.1, 0.15) is 6.04 Å². The Morgan fingerprint density at radius 2 is 2.42 bits per heavy atom. The van der Waals surface area contributed by atoms with E-state index in [2.05, 4.69) is 26.1 Å². The molecule has 0 bridgehead atoms. The van der Waals surface area contributed by atoms with Crippen molar-refractivity contribution in [3.05, 3.63) is 28.2 Å². The first kappa shape index (κ1) is 14.3. The number of halogens is 1. The number of hydrogen-bond donors (Lipinski definition) is 2. The van der Waals surface area contributed by atoms with Gasteiger partial charge >= 0.3 is 0 Å². The molecule has 1 fully saturated rings. The van der Waals surface area contributed by atoms with Gasteiger partial charge in [-0.1, -0.05) is 22.0 Å². The third-order valence-electron chi connectivity index (χ3n) is 3.30. The van der Waals surface area contributed by atoms with Crippen LogP contribution in [-0.4, -0.2) is 43.7 Å². The molecule has 3 N–H and O–H groups in total. The lowest BCUT2D eigenvalue weighted by Gasteiger charge is -2.34. The number of carbonyl (C=O) groups is 1. The summed E-state index contributed by atoms with van der Waals surface area (Å²) in [4.78, 5) is 14.0. The van der Waals surface area contributed by atoms with Crippen LogP contribution in [-0.2, 0) is 16.1 Å². The molecule has 1 aromatic rings. The zero-order valence-corrected chi connectivity index (χ0v) is 12.4. The number of benzene rings is 1. The van der Waals surface area contributed by atoms with Gasteiger partial charge < -0.3 is 15.8 Å². The van der Waals surface area contributed by atoms with E-state index in [1.807, 2.05) is 18.2 Å². The van der Waals surface area contributed by atoms with E-state index in [0.29, 0.717) is 19.8 Å². The van der Waals surface area contributed by atoms with Crippen molar-refractivity contribution in [2.24, 2.45) is 0 Å². The maximum absolute atomic E-state index is 11.9. The van der Waals surface area contributed by atoms with E-state index in [-0.39, 0.29) is 11.9 Å². The first-order chi connectivity index (χ1) is 9.13. The lowest BCUT2D eigenvalue weighted by molar-refractivity contribution is -0.132. The van der Waals surface area contributed by atoms with Crippen LogP contribution in [0.15, 0.2) is 22.7 Å². The van der Waals surface area contributed by atoms with Gasteiger partial charge in [0.2, 0.25) is 5.91 Å². The maximum Gasteiger partial charge on any atom is 0.239 e. The molecule has 1 amide bonds. The number of hydrogen-bond acceptors (Lipinski definition) is 4.